The Morgan fingerprint density at radius 3 is 2.20 bits per heavy atom. The minimum Gasteiger partial charge on any atom is -0.396 e. The Bertz CT molecular complexity index is 105. The lowest BCUT2D eigenvalue weighted by atomic mass is 9.84. The molecule has 0 spiro atoms. The van der Waals surface area contributed by atoms with Crippen molar-refractivity contribution in [3.05, 3.63) is 0 Å². The van der Waals surface area contributed by atoms with Crippen molar-refractivity contribution >= 4 is 23.5 Å². The average Bonchev–Trinajstić information content (AvgIpc) is 1.90. The van der Waals surface area contributed by atoms with Crippen LogP contribution in [0.1, 0.15) is 12.8 Å². The molecule has 10 heavy (non-hydrogen) atoms. The van der Waals surface area contributed by atoms with Crippen LogP contribution in [0.2, 0.25) is 0 Å². The molecule has 3 heteroatoms. The fraction of sp³-hybridized carbons (Fsp3) is 1.00. The third-order valence-electron chi connectivity index (χ3n) is 2.37. The molecule has 0 amide bonds. The highest BCUT2D eigenvalue weighted by Gasteiger charge is 2.45. The van der Waals surface area contributed by atoms with Crippen LogP contribution in [0, 0.1) is 5.92 Å². The molecule has 0 radical (unpaired) electrons. The molecule has 0 aromatic rings. The minimum absolute atomic E-state index is 0.356. The maximum absolute atomic E-state index is 8.96. The van der Waals surface area contributed by atoms with Gasteiger partial charge in [-0.25, -0.2) is 0 Å². The molecule has 1 saturated carbocycles. The smallest absolute Gasteiger partial charge is 0.0655 e. The summed E-state index contributed by atoms with van der Waals surface area (Å²) in [5.41, 5.74) is 0. The highest BCUT2D eigenvalue weighted by molar-refractivity contribution is 8.17. The fourth-order valence-electron chi connectivity index (χ4n) is 1.44. The normalized spacial score (nSPS) is 29.7. The zero-order chi connectivity index (χ0) is 7.61. The highest BCUT2D eigenvalue weighted by atomic mass is 32.2. The number of hydrogen-bond donors (Lipinski definition) is 1. The minimum atomic E-state index is 0.356. The van der Waals surface area contributed by atoms with E-state index in [0.29, 0.717) is 16.6 Å². The van der Waals surface area contributed by atoms with E-state index in [1.807, 2.05) is 23.5 Å². The van der Waals surface area contributed by atoms with Gasteiger partial charge >= 0.3 is 0 Å². The monoisotopic (exact) mass is 178 g/mol. The Balaban J connectivity index is 2.48. The van der Waals surface area contributed by atoms with Gasteiger partial charge in [-0.15, -0.1) is 23.5 Å². The number of aliphatic hydroxyl groups excluding tert-OH is 1. The topological polar surface area (TPSA) is 20.2 Å². The van der Waals surface area contributed by atoms with Crippen LogP contribution < -0.4 is 0 Å². The molecule has 0 aliphatic heterocycles. The van der Waals surface area contributed by atoms with Crippen LogP contribution in [0.25, 0.3) is 0 Å². The molecule has 1 nitrogen and oxygen atoms in total. The van der Waals surface area contributed by atoms with E-state index in [2.05, 4.69) is 12.5 Å². The molecule has 1 unspecified atom stereocenters. The summed E-state index contributed by atoms with van der Waals surface area (Å²) in [4.78, 5) is 0. The Morgan fingerprint density at radius 2 is 2.10 bits per heavy atom. The molecule has 0 bridgehead atoms. The van der Waals surface area contributed by atoms with Crippen LogP contribution in [0.3, 0.4) is 0 Å². The largest absolute Gasteiger partial charge is 0.396 e. The molecule has 1 N–H and O–H groups in total. The van der Waals surface area contributed by atoms with Gasteiger partial charge in [-0.2, -0.15) is 0 Å². The first-order valence-electron chi connectivity index (χ1n) is 3.50. The molecule has 0 aromatic carbocycles. The predicted molar refractivity (Wildman–Crippen MR) is 49.6 cm³/mol. The highest BCUT2D eigenvalue weighted by Crippen LogP contribution is 2.54. The molecular weight excluding hydrogens is 164 g/mol. The van der Waals surface area contributed by atoms with Gasteiger partial charge in [0.05, 0.1) is 4.08 Å². The maximum atomic E-state index is 8.96. The fourth-order valence-corrected chi connectivity index (χ4v) is 3.80. The Morgan fingerprint density at radius 1 is 1.50 bits per heavy atom. The number of aliphatic hydroxyl groups is 1. The zero-order valence-corrected chi connectivity index (χ0v) is 8.10. The molecule has 1 aliphatic carbocycles. The predicted octanol–water partition coefficient (Wildman–Crippen LogP) is 1.81. The lowest BCUT2D eigenvalue weighted by Crippen LogP contribution is -2.42. The molecule has 1 rings (SSSR count). The van der Waals surface area contributed by atoms with E-state index < -0.39 is 0 Å². The zero-order valence-electron chi connectivity index (χ0n) is 6.46. The van der Waals surface area contributed by atoms with Gasteiger partial charge < -0.3 is 5.11 Å². The third kappa shape index (κ3) is 1.19. The second kappa shape index (κ2) is 3.37. The van der Waals surface area contributed by atoms with Crippen molar-refractivity contribution in [2.45, 2.75) is 16.9 Å². The van der Waals surface area contributed by atoms with Gasteiger partial charge in [0, 0.05) is 12.5 Å². The lowest BCUT2D eigenvalue weighted by molar-refractivity contribution is 0.158. The summed E-state index contributed by atoms with van der Waals surface area (Å²) >= 11 is 3.79. The van der Waals surface area contributed by atoms with Crippen molar-refractivity contribution in [3.8, 4) is 0 Å². The maximum Gasteiger partial charge on any atom is 0.0655 e. The van der Waals surface area contributed by atoms with E-state index in [1.54, 1.807) is 0 Å². The molecule has 1 fully saturated rings. The Labute approximate surface area is 71.0 Å². The van der Waals surface area contributed by atoms with Crippen LogP contribution in [-0.2, 0) is 0 Å². The summed E-state index contributed by atoms with van der Waals surface area (Å²) in [5.74, 6) is 0.539. The van der Waals surface area contributed by atoms with Crippen LogP contribution in [0.5, 0.6) is 0 Å². The molecule has 1 aliphatic rings. The summed E-state index contributed by atoms with van der Waals surface area (Å²) in [6.45, 7) is 0.363. The van der Waals surface area contributed by atoms with Gasteiger partial charge in [0.15, 0.2) is 0 Å². The second-order valence-corrected chi connectivity index (χ2v) is 5.17. The standard InChI is InChI=1S/C7H14OS2/c1-9-7(10-2)4-3-6(7)5-8/h6,8H,3-5H2,1-2H3. The van der Waals surface area contributed by atoms with Gasteiger partial charge in [0.1, 0.15) is 0 Å². The van der Waals surface area contributed by atoms with Gasteiger partial charge in [0.2, 0.25) is 0 Å². The van der Waals surface area contributed by atoms with Gasteiger partial charge in [-0.05, 0) is 25.4 Å². The van der Waals surface area contributed by atoms with Crippen LogP contribution in [0.15, 0.2) is 0 Å². The first-order chi connectivity index (χ1) is 4.79. The second-order valence-electron chi connectivity index (χ2n) is 2.64. The van der Waals surface area contributed by atoms with Crippen molar-refractivity contribution < 1.29 is 5.11 Å². The van der Waals surface area contributed by atoms with Crippen molar-refractivity contribution in [1.29, 1.82) is 0 Å². The molecule has 1 atom stereocenters. The SMILES string of the molecule is CSC1(SC)CCC1CO. The average molecular weight is 178 g/mol. The molecule has 0 aromatic heterocycles. The van der Waals surface area contributed by atoms with E-state index in [9.17, 15) is 0 Å². The summed E-state index contributed by atoms with van der Waals surface area (Å²) in [6.07, 6.45) is 6.75. The molecule has 0 saturated heterocycles. The van der Waals surface area contributed by atoms with E-state index in [-0.39, 0.29) is 0 Å². The number of thioether (sulfide) groups is 2. The van der Waals surface area contributed by atoms with Crippen molar-refractivity contribution in [3.63, 3.8) is 0 Å². The third-order valence-corrected chi connectivity index (χ3v) is 5.83. The Kier molecular flexibility index (Phi) is 2.95. The first-order valence-corrected chi connectivity index (χ1v) is 5.95. The molecule has 60 valence electrons. The van der Waals surface area contributed by atoms with Crippen LogP contribution >= 0.6 is 23.5 Å². The number of rotatable bonds is 3. The van der Waals surface area contributed by atoms with E-state index >= 15 is 0 Å². The summed E-state index contributed by atoms with van der Waals surface area (Å²) in [6, 6.07) is 0. The van der Waals surface area contributed by atoms with Crippen molar-refractivity contribution in [2.24, 2.45) is 5.92 Å². The van der Waals surface area contributed by atoms with Gasteiger partial charge in [-0.3, -0.25) is 0 Å². The van der Waals surface area contributed by atoms with E-state index in [4.69, 9.17) is 5.11 Å². The van der Waals surface area contributed by atoms with E-state index in [0.717, 1.165) is 0 Å². The van der Waals surface area contributed by atoms with Crippen molar-refractivity contribution in [2.75, 3.05) is 19.1 Å². The summed E-state index contributed by atoms with van der Waals surface area (Å²) in [7, 11) is 0. The summed E-state index contributed by atoms with van der Waals surface area (Å²) in [5, 5.41) is 8.96. The molecular formula is C7H14OS2. The van der Waals surface area contributed by atoms with E-state index in [1.165, 1.54) is 12.8 Å². The lowest BCUT2D eigenvalue weighted by Gasteiger charge is -2.46. The van der Waals surface area contributed by atoms with Crippen LogP contribution in [0.4, 0.5) is 0 Å². The summed E-state index contributed by atoms with van der Waals surface area (Å²) < 4.78 is 0.356. The van der Waals surface area contributed by atoms with Crippen molar-refractivity contribution in [1.82, 2.24) is 0 Å². The van der Waals surface area contributed by atoms with Gasteiger partial charge in [0.25, 0.3) is 0 Å². The van der Waals surface area contributed by atoms with Gasteiger partial charge in [-0.1, -0.05) is 0 Å². The Hall–Kier alpha value is 0.660. The molecule has 0 heterocycles. The number of hydrogen-bond acceptors (Lipinski definition) is 3. The first kappa shape index (κ1) is 8.75. The van der Waals surface area contributed by atoms with Crippen LogP contribution in [-0.4, -0.2) is 28.3 Å². The quantitative estimate of drug-likeness (QED) is 0.666.